The zero-order valence-corrected chi connectivity index (χ0v) is 27.1. The Kier molecular flexibility index (Phi) is 8.10. The first-order valence-electron chi connectivity index (χ1n) is 14.1. The normalized spacial score (nSPS) is 11.9. The van der Waals surface area contributed by atoms with E-state index in [0.717, 1.165) is 44.1 Å². The molecule has 4 aromatic carbocycles. The predicted molar refractivity (Wildman–Crippen MR) is 170 cm³/mol. The van der Waals surface area contributed by atoms with Gasteiger partial charge in [0.2, 0.25) is 0 Å². The zero-order valence-electron chi connectivity index (χ0n) is 24.9. The van der Waals surface area contributed by atoms with Crippen LogP contribution in [0.15, 0.2) is 97.3 Å². The van der Waals surface area contributed by atoms with Crippen LogP contribution in [0.4, 0.5) is 0 Å². The van der Waals surface area contributed by atoms with E-state index in [0.29, 0.717) is 11.5 Å². The maximum Gasteiger partial charge on any atom is 2.00 e. The van der Waals surface area contributed by atoms with Crippen molar-refractivity contribution in [3.8, 4) is 34.0 Å². The van der Waals surface area contributed by atoms with Crippen molar-refractivity contribution in [3.63, 3.8) is 0 Å². The first kappa shape index (κ1) is 29.7. The fraction of sp³-hybridized carbons (Fsp3) is 0.211. The molecule has 3 nitrogen and oxygen atoms in total. The third-order valence-corrected chi connectivity index (χ3v) is 7.51. The van der Waals surface area contributed by atoms with Crippen molar-refractivity contribution in [1.29, 1.82) is 0 Å². The van der Waals surface area contributed by atoms with Crippen molar-refractivity contribution in [2.75, 3.05) is 0 Å². The molecule has 2 aromatic heterocycles. The molecule has 0 aliphatic heterocycles. The number of benzene rings is 4. The summed E-state index contributed by atoms with van der Waals surface area (Å²) < 4.78 is 6.76. The molecule has 42 heavy (non-hydrogen) atoms. The molecule has 0 aliphatic rings. The van der Waals surface area contributed by atoms with E-state index in [1.807, 2.05) is 36.7 Å². The number of ether oxygens (including phenoxy) is 1. The van der Waals surface area contributed by atoms with Gasteiger partial charge < -0.3 is 14.7 Å². The fourth-order valence-electron chi connectivity index (χ4n) is 5.05. The van der Waals surface area contributed by atoms with Crippen LogP contribution in [0.25, 0.3) is 44.1 Å². The van der Waals surface area contributed by atoms with E-state index in [1.54, 1.807) is 0 Å². The molecule has 6 aromatic rings. The number of aromatic nitrogens is 2. The van der Waals surface area contributed by atoms with Crippen LogP contribution >= 0.6 is 0 Å². The first-order valence-corrected chi connectivity index (χ1v) is 14.1. The molecule has 0 spiro atoms. The van der Waals surface area contributed by atoms with E-state index in [1.165, 1.54) is 11.1 Å². The van der Waals surface area contributed by atoms with Gasteiger partial charge in [-0.3, -0.25) is 0 Å². The molecule has 0 amide bonds. The van der Waals surface area contributed by atoms with Crippen LogP contribution in [0.1, 0.15) is 52.7 Å². The van der Waals surface area contributed by atoms with Crippen molar-refractivity contribution in [2.45, 2.75) is 52.4 Å². The molecule has 0 bridgehead atoms. The Hall–Kier alpha value is -3.81. The second-order valence-electron chi connectivity index (χ2n) is 12.7. The second kappa shape index (κ2) is 11.5. The molecule has 0 radical (unpaired) electrons. The quantitative estimate of drug-likeness (QED) is 0.170. The number of hydrogen-bond donors (Lipinski definition) is 0. The number of hydrogen-bond acceptors (Lipinski definition) is 3. The summed E-state index contributed by atoms with van der Waals surface area (Å²) in [5, 5.41) is 4.11. The van der Waals surface area contributed by atoms with Crippen molar-refractivity contribution < 1.29 is 25.8 Å². The fourth-order valence-corrected chi connectivity index (χ4v) is 5.05. The predicted octanol–water partition coefficient (Wildman–Crippen LogP) is 10.1. The standard InChI is InChI=1S/C38H34N2O.Pt/c1-37(2,3)29-15-17-39-33(23-29)27-19-25-11-7-9-13-31(25)35(21-27)41-36-22-28(20-26-12-8-10-14-32(26)36)34-24-30(16-18-40-34)38(4,5)6;/h7-20,23-24H,1-6H3;/q-2;+2. The van der Waals surface area contributed by atoms with E-state index >= 15 is 0 Å². The molecule has 0 unspecified atom stereocenters. The third-order valence-electron chi connectivity index (χ3n) is 7.51. The van der Waals surface area contributed by atoms with Crippen LogP contribution in [-0.4, -0.2) is 9.97 Å². The summed E-state index contributed by atoms with van der Waals surface area (Å²) >= 11 is 0. The van der Waals surface area contributed by atoms with Gasteiger partial charge in [0, 0.05) is 12.4 Å². The van der Waals surface area contributed by atoms with Gasteiger partial charge in [-0.05, 0) is 45.5 Å². The molecule has 0 saturated heterocycles. The van der Waals surface area contributed by atoms with Gasteiger partial charge in [-0.1, -0.05) is 136 Å². The van der Waals surface area contributed by atoms with Gasteiger partial charge in [0.25, 0.3) is 0 Å². The average molecular weight is 730 g/mol. The summed E-state index contributed by atoms with van der Waals surface area (Å²) in [6.45, 7) is 13.3. The van der Waals surface area contributed by atoms with Gasteiger partial charge >= 0.3 is 21.1 Å². The van der Waals surface area contributed by atoms with Gasteiger partial charge in [-0.2, -0.15) is 0 Å². The van der Waals surface area contributed by atoms with Crippen LogP contribution < -0.4 is 4.74 Å². The van der Waals surface area contributed by atoms with E-state index in [2.05, 4.69) is 114 Å². The molecule has 0 saturated carbocycles. The van der Waals surface area contributed by atoms with E-state index in [4.69, 9.17) is 14.7 Å². The third kappa shape index (κ3) is 6.03. The Bertz CT molecular complexity index is 1760. The van der Waals surface area contributed by atoms with Crippen LogP contribution in [0, 0.1) is 12.1 Å². The first-order chi connectivity index (χ1) is 19.6. The molecule has 6 rings (SSSR count). The smallest absolute Gasteiger partial charge is 0.495 e. The van der Waals surface area contributed by atoms with Crippen molar-refractivity contribution in [2.24, 2.45) is 0 Å². The minimum atomic E-state index is 0. The number of pyridine rings is 2. The Morgan fingerprint density at radius 3 is 1.36 bits per heavy atom. The molecule has 0 fully saturated rings. The summed E-state index contributed by atoms with van der Waals surface area (Å²) in [6, 6.07) is 36.4. The minimum Gasteiger partial charge on any atom is -0.495 e. The molecule has 0 atom stereocenters. The van der Waals surface area contributed by atoms with E-state index < -0.39 is 0 Å². The Morgan fingerprint density at radius 1 is 0.548 bits per heavy atom. The van der Waals surface area contributed by atoms with Crippen LogP contribution in [-0.2, 0) is 31.9 Å². The number of nitrogens with zero attached hydrogens (tertiary/aromatic N) is 2. The summed E-state index contributed by atoms with van der Waals surface area (Å²) in [6.07, 6.45) is 3.76. The van der Waals surface area contributed by atoms with E-state index in [9.17, 15) is 0 Å². The minimum absolute atomic E-state index is 0. The van der Waals surface area contributed by atoms with Gasteiger partial charge in [-0.15, -0.1) is 23.3 Å². The Labute approximate surface area is 263 Å². The van der Waals surface area contributed by atoms with Crippen molar-refractivity contribution in [1.82, 2.24) is 9.97 Å². The van der Waals surface area contributed by atoms with Gasteiger partial charge in [-0.25, -0.2) is 0 Å². The number of rotatable bonds is 4. The molecule has 212 valence electrons. The molecule has 0 aliphatic carbocycles. The maximum atomic E-state index is 6.76. The maximum absolute atomic E-state index is 6.76. The van der Waals surface area contributed by atoms with Crippen molar-refractivity contribution in [3.05, 3.63) is 121 Å². The van der Waals surface area contributed by atoms with Crippen molar-refractivity contribution >= 4 is 21.5 Å². The molecule has 0 N–H and O–H groups in total. The second-order valence-corrected chi connectivity index (χ2v) is 12.7. The summed E-state index contributed by atoms with van der Waals surface area (Å²) in [5.74, 6) is 1.30. The zero-order chi connectivity index (χ0) is 28.8. The monoisotopic (exact) mass is 729 g/mol. The van der Waals surface area contributed by atoms with Crippen LogP contribution in [0.5, 0.6) is 11.5 Å². The molecular formula is C38H34N2OPt. The SMILES string of the molecule is CC(C)(C)c1ccnc(-c2[c-]c(Oc3[c-]c(-c4cc(C(C)(C)C)ccn4)cc4ccccc34)c3ccccc3c2)c1.[Pt+2]. The van der Waals surface area contributed by atoms with Gasteiger partial charge in [0.05, 0.1) is 11.5 Å². The molecule has 2 heterocycles. The van der Waals surface area contributed by atoms with Crippen LogP contribution in [0.3, 0.4) is 0 Å². The topological polar surface area (TPSA) is 35.0 Å². The van der Waals surface area contributed by atoms with E-state index in [-0.39, 0.29) is 31.9 Å². The summed E-state index contributed by atoms with van der Waals surface area (Å²) in [4.78, 5) is 9.41. The number of fused-ring (bicyclic) bond motifs is 2. The molecule has 4 heteroatoms. The average Bonchev–Trinajstić information content (AvgIpc) is 2.96. The summed E-state index contributed by atoms with van der Waals surface area (Å²) in [5.41, 5.74) is 6.01. The largest absolute Gasteiger partial charge is 2.00 e. The van der Waals surface area contributed by atoms with Gasteiger partial charge in [0.1, 0.15) is 0 Å². The van der Waals surface area contributed by atoms with Gasteiger partial charge in [0.15, 0.2) is 0 Å². The Morgan fingerprint density at radius 2 is 0.952 bits per heavy atom. The molecular weight excluding hydrogens is 696 g/mol. The Balaban J connectivity index is 0.00000353. The van der Waals surface area contributed by atoms with Crippen LogP contribution in [0.2, 0.25) is 0 Å². The summed E-state index contributed by atoms with van der Waals surface area (Å²) in [7, 11) is 0.